The van der Waals surface area contributed by atoms with Crippen LogP contribution >= 0.6 is 0 Å². The van der Waals surface area contributed by atoms with Crippen molar-refractivity contribution in [3.8, 4) is 0 Å². The van der Waals surface area contributed by atoms with Crippen LogP contribution in [0.25, 0.3) is 6.08 Å². The molecule has 0 radical (unpaired) electrons. The van der Waals surface area contributed by atoms with Crippen LogP contribution in [0.3, 0.4) is 0 Å². The van der Waals surface area contributed by atoms with Crippen molar-refractivity contribution in [2.75, 3.05) is 11.9 Å². The maximum atomic E-state index is 6.16. The Labute approximate surface area is 139 Å². The summed E-state index contributed by atoms with van der Waals surface area (Å²) < 4.78 is 6.16. The van der Waals surface area contributed by atoms with Crippen LogP contribution in [-0.2, 0) is 4.74 Å². The van der Waals surface area contributed by atoms with Gasteiger partial charge in [0.2, 0.25) is 0 Å². The van der Waals surface area contributed by atoms with Crippen molar-refractivity contribution >= 4 is 11.8 Å². The van der Waals surface area contributed by atoms with Gasteiger partial charge in [0.05, 0.1) is 6.10 Å². The first-order valence-corrected chi connectivity index (χ1v) is 8.57. The van der Waals surface area contributed by atoms with Gasteiger partial charge in [-0.2, -0.15) is 0 Å². The third-order valence-electron chi connectivity index (χ3n) is 4.25. The van der Waals surface area contributed by atoms with Gasteiger partial charge in [-0.05, 0) is 18.1 Å². The smallest absolute Gasteiger partial charge is 0.0867 e. The summed E-state index contributed by atoms with van der Waals surface area (Å²) >= 11 is 0. The molecular weight excluding hydrogens is 282 g/mol. The number of fused-ring (bicyclic) bond motifs is 1. The Morgan fingerprint density at radius 2 is 1.87 bits per heavy atom. The largest absolute Gasteiger partial charge is 0.378 e. The minimum Gasteiger partial charge on any atom is -0.378 e. The van der Waals surface area contributed by atoms with Gasteiger partial charge in [-0.1, -0.05) is 74.0 Å². The summed E-state index contributed by atoms with van der Waals surface area (Å²) in [4.78, 5) is 0. The lowest BCUT2D eigenvalue weighted by Crippen LogP contribution is -2.27. The molecule has 0 saturated carbocycles. The quantitative estimate of drug-likeness (QED) is 0.717. The van der Waals surface area contributed by atoms with Gasteiger partial charge in [0.1, 0.15) is 0 Å². The molecule has 2 atom stereocenters. The van der Waals surface area contributed by atoms with Crippen LogP contribution in [0, 0.1) is 0 Å². The summed E-state index contributed by atoms with van der Waals surface area (Å²) in [5, 5.41) is 3.62. The van der Waals surface area contributed by atoms with Gasteiger partial charge in [0, 0.05) is 30.3 Å². The van der Waals surface area contributed by atoms with Gasteiger partial charge in [0.25, 0.3) is 0 Å². The van der Waals surface area contributed by atoms with E-state index < -0.39 is 0 Å². The molecule has 2 heteroatoms. The summed E-state index contributed by atoms with van der Waals surface area (Å²) in [6, 6.07) is 19.2. The Hall–Kier alpha value is -2.06. The van der Waals surface area contributed by atoms with Gasteiger partial charge in [-0.3, -0.25) is 0 Å². The molecule has 2 aromatic carbocycles. The molecule has 1 N–H and O–H groups in total. The first-order valence-electron chi connectivity index (χ1n) is 8.57. The molecule has 3 rings (SSSR count). The molecule has 120 valence electrons. The number of nitrogens with one attached hydrogen (secondary N) is 1. The molecule has 1 aliphatic heterocycles. The zero-order valence-corrected chi connectivity index (χ0v) is 13.7. The fourth-order valence-electron chi connectivity index (χ4n) is 2.97. The Balaban J connectivity index is 1.73. The molecule has 0 bridgehead atoms. The van der Waals surface area contributed by atoms with Crippen LogP contribution < -0.4 is 5.32 Å². The van der Waals surface area contributed by atoms with Gasteiger partial charge in [-0.25, -0.2) is 0 Å². The number of ether oxygens (including phenoxy) is 1. The summed E-state index contributed by atoms with van der Waals surface area (Å²) in [5.41, 5.74) is 3.72. The lowest BCUT2D eigenvalue weighted by atomic mass is 9.94. The lowest BCUT2D eigenvalue weighted by Gasteiger charge is -2.31. The summed E-state index contributed by atoms with van der Waals surface area (Å²) in [5.74, 6) is 0. The Morgan fingerprint density at radius 1 is 1.09 bits per heavy atom. The first kappa shape index (κ1) is 15.8. The maximum Gasteiger partial charge on any atom is 0.0867 e. The highest BCUT2D eigenvalue weighted by atomic mass is 16.5. The average molecular weight is 307 g/mol. The van der Waals surface area contributed by atoms with Gasteiger partial charge in [0.15, 0.2) is 0 Å². The molecule has 1 aliphatic rings. The highest BCUT2D eigenvalue weighted by Crippen LogP contribution is 2.35. The van der Waals surface area contributed by atoms with Crippen molar-refractivity contribution < 1.29 is 4.74 Å². The second-order valence-electron chi connectivity index (χ2n) is 6.06. The second kappa shape index (κ2) is 7.98. The van der Waals surface area contributed by atoms with E-state index in [-0.39, 0.29) is 6.10 Å². The van der Waals surface area contributed by atoms with E-state index >= 15 is 0 Å². The highest BCUT2D eigenvalue weighted by molar-refractivity contribution is 5.58. The topological polar surface area (TPSA) is 21.3 Å². The number of rotatable bonds is 6. The normalized spacial score (nSPS) is 20.2. The molecule has 2 nitrogen and oxygen atoms in total. The third-order valence-corrected chi connectivity index (χ3v) is 4.25. The fourth-order valence-corrected chi connectivity index (χ4v) is 2.97. The number of unbranched alkanes of at least 4 members (excludes halogenated alkanes) is 1. The minimum atomic E-state index is 0.185. The zero-order valence-electron chi connectivity index (χ0n) is 13.7. The Kier molecular flexibility index (Phi) is 5.49. The summed E-state index contributed by atoms with van der Waals surface area (Å²) in [7, 11) is 0. The molecule has 0 saturated heterocycles. The van der Waals surface area contributed by atoms with E-state index in [1.54, 1.807) is 0 Å². The van der Waals surface area contributed by atoms with E-state index in [0.29, 0.717) is 6.04 Å². The molecule has 2 aromatic rings. The summed E-state index contributed by atoms with van der Waals surface area (Å²) in [6.07, 6.45) is 7.89. The molecule has 0 aliphatic carbocycles. The average Bonchev–Trinajstić information content (AvgIpc) is 2.61. The third kappa shape index (κ3) is 4.23. The number of benzene rings is 2. The van der Waals surface area contributed by atoms with E-state index in [4.69, 9.17) is 4.74 Å². The van der Waals surface area contributed by atoms with Crippen LogP contribution in [0.4, 0.5) is 5.69 Å². The van der Waals surface area contributed by atoms with Crippen LogP contribution in [0.5, 0.6) is 0 Å². The van der Waals surface area contributed by atoms with Crippen molar-refractivity contribution in [1.29, 1.82) is 0 Å². The van der Waals surface area contributed by atoms with Crippen molar-refractivity contribution in [1.82, 2.24) is 0 Å². The number of hydrogen-bond acceptors (Lipinski definition) is 2. The molecule has 0 fully saturated rings. The molecule has 0 amide bonds. The molecule has 0 aromatic heterocycles. The standard InChI is InChI=1S/C21H25NO/c1-2-3-15-23-21-16-18(14-13-17-9-5-4-6-10-17)22-20-12-8-7-11-19(20)21/h4-14,18,21-22H,2-3,15-16H2,1H3/b14-13+/t18-,21+/m1/s1. The van der Waals surface area contributed by atoms with Gasteiger partial charge in [-0.15, -0.1) is 0 Å². The molecule has 0 spiro atoms. The van der Waals surface area contributed by atoms with E-state index in [9.17, 15) is 0 Å². The molecule has 0 unspecified atom stereocenters. The summed E-state index contributed by atoms with van der Waals surface area (Å²) in [6.45, 7) is 3.04. The van der Waals surface area contributed by atoms with Crippen molar-refractivity contribution in [2.45, 2.75) is 38.3 Å². The predicted molar refractivity (Wildman–Crippen MR) is 97.5 cm³/mol. The van der Waals surface area contributed by atoms with E-state index in [2.05, 4.69) is 72.9 Å². The van der Waals surface area contributed by atoms with Crippen molar-refractivity contribution in [2.24, 2.45) is 0 Å². The lowest BCUT2D eigenvalue weighted by molar-refractivity contribution is 0.0417. The van der Waals surface area contributed by atoms with Crippen molar-refractivity contribution in [3.63, 3.8) is 0 Å². The number of anilines is 1. The fraction of sp³-hybridized carbons (Fsp3) is 0.333. The van der Waals surface area contributed by atoms with Crippen LogP contribution in [0.15, 0.2) is 60.7 Å². The van der Waals surface area contributed by atoms with Crippen LogP contribution in [-0.4, -0.2) is 12.6 Å². The first-order chi connectivity index (χ1) is 11.4. The highest BCUT2D eigenvalue weighted by Gasteiger charge is 2.25. The zero-order chi connectivity index (χ0) is 15.9. The van der Waals surface area contributed by atoms with Crippen LogP contribution in [0.2, 0.25) is 0 Å². The minimum absolute atomic E-state index is 0.185. The predicted octanol–water partition coefficient (Wildman–Crippen LogP) is 5.44. The van der Waals surface area contributed by atoms with Gasteiger partial charge >= 0.3 is 0 Å². The molecular formula is C21H25NO. The molecule has 23 heavy (non-hydrogen) atoms. The molecule has 1 heterocycles. The SMILES string of the molecule is CCCCO[C@H]1C[C@@H](/C=C/c2ccccc2)Nc2ccccc21. The van der Waals surface area contributed by atoms with Crippen LogP contribution in [0.1, 0.15) is 43.4 Å². The Bertz CT molecular complexity index is 635. The van der Waals surface area contributed by atoms with Gasteiger partial charge < -0.3 is 10.1 Å². The van der Waals surface area contributed by atoms with E-state index in [0.717, 1.165) is 19.4 Å². The second-order valence-corrected chi connectivity index (χ2v) is 6.06. The monoisotopic (exact) mass is 307 g/mol. The maximum absolute atomic E-state index is 6.16. The number of hydrogen-bond donors (Lipinski definition) is 1. The number of para-hydroxylation sites is 1. The Morgan fingerprint density at radius 3 is 2.70 bits per heavy atom. The van der Waals surface area contributed by atoms with E-state index in [1.807, 2.05) is 6.07 Å². The van der Waals surface area contributed by atoms with Crippen molar-refractivity contribution in [3.05, 3.63) is 71.8 Å². The van der Waals surface area contributed by atoms with E-state index in [1.165, 1.54) is 23.2 Å².